The summed E-state index contributed by atoms with van der Waals surface area (Å²) in [6, 6.07) is 0. The normalized spacial score (nSPS) is 19.8. The van der Waals surface area contributed by atoms with E-state index in [1.165, 1.54) is 0 Å². The zero-order valence-corrected chi connectivity index (χ0v) is 11.6. The summed E-state index contributed by atoms with van der Waals surface area (Å²) in [6.45, 7) is 5.36. The standard InChI is InChI=1S/C13H22N4O2/c1-9(2)8-11-15-12(17(16-11)6-7-18)10-4-3-5-14-13(10)19/h9-10,18H,3-8H2,1-2H3,(H,14,19)/t10-/m0/s1. The van der Waals surface area contributed by atoms with E-state index in [2.05, 4.69) is 29.2 Å². The fraction of sp³-hybridized carbons (Fsp3) is 0.769. The van der Waals surface area contributed by atoms with Crippen molar-refractivity contribution in [2.24, 2.45) is 5.92 Å². The number of hydrogen-bond donors (Lipinski definition) is 2. The first-order valence-corrected chi connectivity index (χ1v) is 6.94. The van der Waals surface area contributed by atoms with E-state index in [9.17, 15) is 4.79 Å². The first kappa shape index (κ1) is 14.0. The van der Waals surface area contributed by atoms with Crippen molar-refractivity contribution < 1.29 is 9.90 Å². The van der Waals surface area contributed by atoms with Crippen LogP contribution in [0.1, 0.15) is 44.3 Å². The molecule has 1 amide bonds. The Labute approximate surface area is 113 Å². The number of nitrogens with zero attached hydrogens (tertiary/aromatic N) is 3. The van der Waals surface area contributed by atoms with E-state index in [1.54, 1.807) is 4.68 Å². The predicted molar refractivity (Wildman–Crippen MR) is 70.6 cm³/mol. The van der Waals surface area contributed by atoms with Crippen molar-refractivity contribution in [3.05, 3.63) is 11.6 Å². The molecule has 2 rings (SSSR count). The van der Waals surface area contributed by atoms with Crippen molar-refractivity contribution in [1.82, 2.24) is 20.1 Å². The SMILES string of the molecule is CC(C)Cc1nc([C@@H]2CCCNC2=O)n(CCO)n1. The lowest BCUT2D eigenvalue weighted by molar-refractivity contribution is -0.124. The molecule has 106 valence electrons. The van der Waals surface area contributed by atoms with E-state index in [0.717, 1.165) is 31.6 Å². The average Bonchev–Trinajstić information content (AvgIpc) is 2.72. The smallest absolute Gasteiger partial charge is 0.230 e. The minimum atomic E-state index is -0.228. The van der Waals surface area contributed by atoms with Crippen LogP contribution in [0.5, 0.6) is 0 Å². The van der Waals surface area contributed by atoms with E-state index in [-0.39, 0.29) is 18.4 Å². The van der Waals surface area contributed by atoms with Crippen molar-refractivity contribution in [1.29, 1.82) is 0 Å². The van der Waals surface area contributed by atoms with Gasteiger partial charge in [0.15, 0.2) is 5.82 Å². The van der Waals surface area contributed by atoms with Crippen LogP contribution in [-0.2, 0) is 17.8 Å². The summed E-state index contributed by atoms with van der Waals surface area (Å²) < 4.78 is 1.69. The minimum Gasteiger partial charge on any atom is -0.394 e. The number of hydrogen-bond acceptors (Lipinski definition) is 4. The van der Waals surface area contributed by atoms with Gasteiger partial charge < -0.3 is 10.4 Å². The van der Waals surface area contributed by atoms with Crippen LogP contribution in [0.4, 0.5) is 0 Å². The molecule has 19 heavy (non-hydrogen) atoms. The van der Waals surface area contributed by atoms with Crippen molar-refractivity contribution in [3.63, 3.8) is 0 Å². The second kappa shape index (κ2) is 6.14. The van der Waals surface area contributed by atoms with Gasteiger partial charge in [0.2, 0.25) is 5.91 Å². The summed E-state index contributed by atoms with van der Waals surface area (Å²) in [5.74, 6) is 1.72. The van der Waals surface area contributed by atoms with E-state index < -0.39 is 0 Å². The lowest BCUT2D eigenvalue weighted by atomic mass is 9.98. The van der Waals surface area contributed by atoms with Crippen molar-refractivity contribution in [2.45, 2.75) is 45.6 Å². The molecule has 6 nitrogen and oxygen atoms in total. The Bertz CT molecular complexity index is 442. The Morgan fingerprint density at radius 3 is 2.95 bits per heavy atom. The van der Waals surface area contributed by atoms with Crippen LogP contribution >= 0.6 is 0 Å². The number of rotatable bonds is 5. The number of amides is 1. The highest BCUT2D eigenvalue weighted by Gasteiger charge is 2.29. The van der Waals surface area contributed by atoms with E-state index in [0.29, 0.717) is 18.3 Å². The summed E-state index contributed by atoms with van der Waals surface area (Å²) in [5, 5.41) is 16.4. The predicted octanol–water partition coefficient (Wildman–Crippen LogP) is 0.462. The van der Waals surface area contributed by atoms with Crippen molar-refractivity contribution in [2.75, 3.05) is 13.2 Å². The molecule has 0 aliphatic carbocycles. The molecule has 0 spiro atoms. The molecule has 1 aliphatic heterocycles. The van der Waals surface area contributed by atoms with Crippen molar-refractivity contribution >= 4 is 5.91 Å². The molecule has 0 radical (unpaired) electrons. The minimum absolute atomic E-state index is 0.00577. The van der Waals surface area contributed by atoms with Gasteiger partial charge in [-0.25, -0.2) is 9.67 Å². The van der Waals surface area contributed by atoms with Crippen LogP contribution in [0.3, 0.4) is 0 Å². The Morgan fingerprint density at radius 1 is 1.53 bits per heavy atom. The van der Waals surface area contributed by atoms with E-state index in [1.807, 2.05) is 0 Å². The Morgan fingerprint density at radius 2 is 2.32 bits per heavy atom. The monoisotopic (exact) mass is 266 g/mol. The number of carbonyl (C=O) groups is 1. The molecule has 0 aromatic carbocycles. The first-order valence-electron chi connectivity index (χ1n) is 6.94. The molecule has 1 aromatic rings. The molecule has 0 bridgehead atoms. The quantitative estimate of drug-likeness (QED) is 0.811. The molecule has 2 N–H and O–H groups in total. The lowest BCUT2D eigenvalue weighted by Crippen LogP contribution is -2.36. The van der Waals surface area contributed by atoms with Crippen LogP contribution in [0.25, 0.3) is 0 Å². The van der Waals surface area contributed by atoms with Gasteiger partial charge in [0.05, 0.1) is 19.1 Å². The van der Waals surface area contributed by atoms with Gasteiger partial charge in [0.1, 0.15) is 5.82 Å². The summed E-state index contributed by atoms with van der Waals surface area (Å²) >= 11 is 0. The Balaban J connectivity index is 2.25. The maximum atomic E-state index is 11.9. The number of aromatic nitrogens is 3. The van der Waals surface area contributed by atoms with Gasteiger partial charge in [0.25, 0.3) is 0 Å². The third kappa shape index (κ3) is 3.32. The molecule has 1 aromatic heterocycles. The summed E-state index contributed by atoms with van der Waals surface area (Å²) in [4.78, 5) is 16.5. The second-order valence-electron chi connectivity index (χ2n) is 5.42. The molecule has 2 heterocycles. The second-order valence-corrected chi connectivity index (χ2v) is 5.42. The molecule has 1 aliphatic rings. The molecular formula is C13H22N4O2. The topological polar surface area (TPSA) is 80.0 Å². The van der Waals surface area contributed by atoms with Crippen molar-refractivity contribution in [3.8, 4) is 0 Å². The molecule has 0 unspecified atom stereocenters. The average molecular weight is 266 g/mol. The largest absolute Gasteiger partial charge is 0.394 e. The molecule has 1 atom stereocenters. The summed E-state index contributed by atoms with van der Waals surface area (Å²) in [6.07, 6.45) is 2.55. The van der Waals surface area contributed by atoms with Gasteiger partial charge in [-0.05, 0) is 18.8 Å². The Hall–Kier alpha value is -1.43. The van der Waals surface area contributed by atoms with Gasteiger partial charge in [-0.1, -0.05) is 13.8 Å². The van der Waals surface area contributed by atoms with Gasteiger partial charge >= 0.3 is 0 Å². The van der Waals surface area contributed by atoms with Gasteiger partial charge in [-0.15, -0.1) is 0 Å². The van der Waals surface area contributed by atoms with Crippen LogP contribution in [0.2, 0.25) is 0 Å². The number of carbonyl (C=O) groups excluding carboxylic acids is 1. The van der Waals surface area contributed by atoms with Gasteiger partial charge in [-0.2, -0.15) is 5.10 Å². The van der Waals surface area contributed by atoms with E-state index in [4.69, 9.17) is 5.11 Å². The third-order valence-corrected chi connectivity index (χ3v) is 3.24. The van der Waals surface area contributed by atoms with Gasteiger partial charge in [-0.3, -0.25) is 4.79 Å². The molecular weight excluding hydrogens is 244 g/mol. The maximum Gasteiger partial charge on any atom is 0.230 e. The zero-order valence-electron chi connectivity index (χ0n) is 11.6. The van der Waals surface area contributed by atoms with Gasteiger partial charge in [0, 0.05) is 13.0 Å². The third-order valence-electron chi connectivity index (χ3n) is 3.24. The lowest BCUT2D eigenvalue weighted by Gasteiger charge is -2.21. The zero-order chi connectivity index (χ0) is 13.8. The van der Waals surface area contributed by atoms with Crippen LogP contribution in [0, 0.1) is 5.92 Å². The summed E-state index contributed by atoms with van der Waals surface area (Å²) in [5.41, 5.74) is 0. The number of aliphatic hydroxyl groups is 1. The maximum absolute atomic E-state index is 11.9. The van der Waals surface area contributed by atoms with Crippen LogP contribution in [0.15, 0.2) is 0 Å². The molecule has 1 fully saturated rings. The van der Waals surface area contributed by atoms with E-state index >= 15 is 0 Å². The fourth-order valence-electron chi connectivity index (χ4n) is 2.39. The highest BCUT2D eigenvalue weighted by molar-refractivity contribution is 5.83. The molecule has 6 heteroatoms. The molecule has 1 saturated heterocycles. The Kier molecular flexibility index (Phi) is 4.52. The fourth-order valence-corrected chi connectivity index (χ4v) is 2.39. The number of nitrogens with one attached hydrogen (secondary N) is 1. The van der Waals surface area contributed by atoms with Crippen LogP contribution in [-0.4, -0.2) is 38.9 Å². The van der Waals surface area contributed by atoms with Crippen LogP contribution < -0.4 is 5.32 Å². The molecule has 0 saturated carbocycles. The number of aliphatic hydroxyl groups excluding tert-OH is 1. The number of piperidine rings is 1. The summed E-state index contributed by atoms with van der Waals surface area (Å²) in [7, 11) is 0. The first-order chi connectivity index (χ1) is 9.11. The highest BCUT2D eigenvalue weighted by Crippen LogP contribution is 2.23. The highest BCUT2D eigenvalue weighted by atomic mass is 16.3.